The topological polar surface area (TPSA) is 20.3 Å². The van der Waals surface area contributed by atoms with E-state index in [1.807, 2.05) is 11.9 Å². The number of alkyl halides is 1. The van der Waals surface area contributed by atoms with Crippen molar-refractivity contribution in [3.8, 4) is 0 Å². The van der Waals surface area contributed by atoms with E-state index in [-0.39, 0.29) is 0 Å². The average Bonchev–Trinajstić information content (AvgIpc) is 2.26. The van der Waals surface area contributed by atoms with E-state index in [0.717, 1.165) is 6.42 Å². The van der Waals surface area contributed by atoms with Crippen LogP contribution in [0, 0.1) is 11.8 Å². The third-order valence-electron chi connectivity index (χ3n) is 3.36. The molecule has 0 N–H and O–H groups in total. The average molecular weight is 279 g/mol. The van der Waals surface area contributed by atoms with Gasteiger partial charge in [-0.3, -0.25) is 4.79 Å². The van der Waals surface area contributed by atoms with E-state index in [0.29, 0.717) is 27.7 Å². The number of halogens is 1. The quantitative estimate of drug-likeness (QED) is 0.488. The molecule has 2 nitrogen and oxygen atoms in total. The number of hydrogen-bond acceptors (Lipinski definition) is 1. The van der Waals surface area contributed by atoms with Crippen molar-refractivity contribution in [2.24, 2.45) is 11.8 Å². The summed E-state index contributed by atoms with van der Waals surface area (Å²) < 4.78 is 0.672. The lowest BCUT2D eigenvalue weighted by Gasteiger charge is -2.29. The van der Waals surface area contributed by atoms with Crippen molar-refractivity contribution in [3.63, 3.8) is 0 Å². The Kier molecular flexibility index (Phi) is 2.09. The molecule has 1 amide bonds. The molecule has 3 heteroatoms. The smallest absolute Gasteiger partial charge is 0.226 e. The van der Waals surface area contributed by atoms with Gasteiger partial charge in [-0.2, -0.15) is 0 Å². The minimum absolute atomic E-state index is 0.339. The van der Waals surface area contributed by atoms with Gasteiger partial charge in [0.2, 0.25) is 5.91 Å². The largest absolute Gasteiger partial charge is 0.341 e. The molecule has 1 saturated heterocycles. The highest BCUT2D eigenvalue weighted by atomic mass is 127. The summed E-state index contributed by atoms with van der Waals surface area (Å²) in [6, 6.07) is 0.527. The maximum atomic E-state index is 11.7. The van der Waals surface area contributed by atoms with Crippen LogP contribution in [0.15, 0.2) is 0 Å². The molecule has 0 radical (unpaired) electrons. The van der Waals surface area contributed by atoms with E-state index < -0.39 is 0 Å². The first-order valence-electron chi connectivity index (χ1n) is 4.52. The summed E-state index contributed by atoms with van der Waals surface area (Å²) in [5.74, 6) is 1.32. The first-order chi connectivity index (χ1) is 5.61. The number of nitrogens with zero attached hydrogens (tertiary/aromatic N) is 1. The molecule has 0 aromatic heterocycles. The van der Waals surface area contributed by atoms with Crippen LogP contribution in [0.25, 0.3) is 0 Å². The second-order valence-corrected chi connectivity index (χ2v) is 5.69. The molecule has 4 atom stereocenters. The van der Waals surface area contributed by atoms with Crippen molar-refractivity contribution in [2.45, 2.75) is 29.7 Å². The van der Waals surface area contributed by atoms with E-state index in [2.05, 4.69) is 29.5 Å². The van der Waals surface area contributed by atoms with Crippen LogP contribution in [0.5, 0.6) is 0 Å². The lowest BCUT2D eigenvalue weighted by molar-refractivity contribution is -0.131. The summed E-state index contributed by atoms with van der Waals surface area (Å²) in [7, 11) is 1.96. The molecule has 0 aromatic carbocycles. The number of fused-ring (bicyclic) bond motifs is 2. The molecule has 0 spiro atoms. The molecule has 2 aliphatic rings. The number of carbonyl (C=O) groups excluding carboxylic acids is 1. The summed E-state index contributed by atoms with van der Waals surface area (Å²) in [6.07, 6.45) is 2.32. The maximum absolute atomic E-state index is 11.7. The third kappa shape index (κ3) is 1.09. The van der Waals surface area contributed by atoms with E-state index in [1.54, 1.807) is 0 Å². The Morgan fingerprint density at radius 1 is 1.50 bits per heavy atom. The number of rotatable bonds is 0. The fourth-order valence-electron chi connectivity index (χ4n) is 2.49. The molecule has 0 aromatic rings. The van der Waals surface area contributed by atoms with E-state index in [9.17, 15) is 4.79 Å². The molecule has 1 aliphatic carbocycles. The molecular formula is C9H14INO. The van der Waals surface area contributed by atoms with Gasteiger partial charge in [0.15, 0.2) is 0 Å². The zero-order valence-corrected chi connectivity index (χ0v) is 9.61. The highest BCUT2D eigenvalue weighted by Crippen LogP contribution is 2.42. The lowest BCUT2D eigenvalue weighted by Crippen LogP contribution is -2.35. The minimum Gasteiger partial charge on any atom is -0.341 e. The van der Waals surface area contributed by atoms with Crippen molar-refractivity contribution in [2.75, 3.05) is 7.05 Å². The van der Waals surface area contributed by atoms with Crippen LogP contribution in [0.4, 0.5) is 0 Å². The summed E-state index contributed by atoms with van der Waals surface area (Å²) in [6.45, 7) is 2.21. The summed E-state index contributed by atoms with van der Waals surface area (Å²) in [5.41, 5.74) is 0. The molecule has 2 rings (SSSR count). The normalized spacial score (nSPS) is 46.9. The molecule has 0 unspecified atom stereocenters. The Hall–Kier alpha value is 0.200. The van der Waals surface area contributed by atoms with Gasteiger partial charge in [0.05, 0.1) is 0 Å². The van der Waals surface area contributed by atoms with E-state index in [4.69, 9.17) is 0 Å². The molecule has 68 valence electrons. The van der Waals surface area contributed by atoms with Crippen LogP contribution in [0.2, 0.25) is 0 Å². The van der Waals surface area contributed by atoms with Gasteiger partial charge in [0.1, 0.15) is 0 Å². The van der Waals surface area contributed by atoms with Gasteiger partial charge in [-0.1, -0.05) is 29.5 Å². The van der Waals surface area contributed by atoms with Gasteiger partial charge < -0.3 is 4.90 Å². The number of likely N-dealkylation sites (tertiary alicyclic amines) is 1. The predicted octanol–water partition coefficient (Wildman–Crippen LogP) is 1.68. The van der Waals surface area contributed by atoms with Gasteiger partial charge in [-0.25, -0.2) is 0 Å². The lowest BCUT2D eigenvalue weighted by atomic mass is 9.81. The third-order valence-corrected chi connectivity index (χ3v) is 4.70. The van der Waals surface area contributed by atoms with Crippen molar-refractivity contribution < 1.29 is 4.79 Å². The van der Waals surface area contributed by atoms with E-state index in [1.165, 1.54) is 6.42 Å². The first-order valence-corrected chi connectivity index (χ1v) is 5.76. The van der Waals surface area contributed by atoms with Gasteiger partial charge in [0.25, 0.3) is 0 Å². The van der Waals surface area contributed by atoms with Crippen molar-refractivity contribution >= 4 is 28.5 Å². The first kappa shape index (κ1) is 8.78. The molecule has 2 bridgehead atoms. The Balaban J connectivity index is 2.26. The molecule has 1 saturated carbocycles. The number of hydrogen-bond donors (Lipinski definition) is 0. The van der Waals surface area contributed by atoms with Crippen LogP contribution in [-0.4, -0.2) is 27.8 Å². The monoisotopic (exact) mass is 279 g/mol. The number of carbonyl (C=O) groups is 1. The molecule has 2 fully saturated rings. The summed E-state index contributed by atoms with van der Waals surface area (Å²) in [5, 5.41) is 0. The second-order valence-electron chi connectivity index (χ2n) is 4.09. The summed E-state index contributed by atoms with van der Waals surface area (Å²) in [4.78, 5) is 13.6. The fourth-order valence-corrected chi connectivity index (χ4v) is 4.06. The van der Waals surface area contributed by atoms with Crippen molar-refractivity contribution in [1.29, 1.82) is 0 Å². The SMILES string of the molecule is C[C@@H]1C[C@H](I)[C@@H]2C[C@H]1C(=O)N2C. The van der Waals surface area contributed by atoms with Gasteiger partial charge in [-0.05, 0) is 18.8 Å². The standard InChI is InChI=1S/C9H14INO/c1-5-3-7(10)8-4-6(5)9(12)11(8)2/h5-8H,3-4H2,1-2H3/t5-,6-,7+,8+/m1/s1. The zero-order valence-electron chi connectivity index (χ0n) is 7.46. The van der Waals surface area contributed by atoms with E-state index >= 15 is 0 Å². The molecule has 1 heterocycles. The zero-order chi connectivity index (χ0) is 8.88. The molecule has 1 aliphatic heterocycles. The highest BCUT2D eigenvalue weighted by molar-refractivity contribution is 14.1. The highest BCUT2D eigenvalue weighted by Gasteiger charge is 2.47. The van der Waals surface area contributed by atoms with Crippen LogP contribution in [0.1, 0.15) is 19.8 Å². The predicted molar refractivity (Wildman–Crippen MR) is 56.3 cm³/mol. The fraction of sp³-hybridized carbons (Fsp3) is 0.889. The Bertz CT molecular complexity index is 219. The van der Waals surface area contributed by atoms with Gasteiger partial charge >= 0.3 is 0 Å². The Labute approximate surface area is 86.8 Å². The van der Waals surface area contributed by atoms with Crippen LogP contribution >= 0.6 is 22.6 Å². The number of amides is 1. The van der Waals surface area contributed by atoms with Crippen LogP contribution in [0.3, 0.4) is 0 Å². The van der Waals surface area contributed by atoms with Crippen molar-refractivity contribution in [1.82, 2.24) is 4.90 Å². The molecule has 12 heavy (non-hydrogen) atoms. The van der Waals surface area contributed by atoms with Crippen molar-refractivity contribution in [3.05, 3.63) is 0 Å². The minimum atomic E-state index is 0.339. The second kappa shape index (κ2) is 2.86. The van der Waals surface area contributed by atoms with Gasteiger partial charge in [0, 0.05) is 22.9 Å². The molecular weight excluding hydrogens is 265 g/mol. The van der Waals surface area contributed by atoms with Gasteiger partial charge in [-0.15, -0.1) is 0 Å². The van der Waals surface area contributed by atoms with Crippen LogP contribution < -0.4 is 0 Å². The summed E-state index contributed by atoms with van der Waals surface area (Å²) >= 11 is 2.49. The Morgan fingerprint density at radius 2 is 2.17 bits per heavy atom. The van der Waals surface area contributed by atoms with Crippen LogP contribution in [-0.2, 0) is 4.79 Å². The maximum Gasteiger partial charge on any atom is 0.226 e. The Morgan fingerprint density at radius 3 is 2.83 bits per heavy atom.